The summed E-state index contributed by atoms with van der Waals surface area (Å²) in [5, 5.41) is 3.06. The summed E-state index contributed by atoms with van der Waals surface area (Å²) >= 11 is 2.83. The summed E-state index contributed by atoms with van der Waals surface area (Å²) in [6.45, 7) is 0. The Morgan fingerprint density at radius 1 is 0.923 bits per heavy atom. The zero-order valence-corrected chi connectivity index (χ0v) is 11.8. The molecule has 0 spiro atoms. The van der Waals surface area contributed by atoms with Crippen molar-refractivity contribution in [3.63, 3.8) is 0 Å². The van der Waals surface area contributed by atoms with Crippen LogP contribution in [0.1, 0.15) is 19.3 Å². The van der Waals surface area contributed by atoms with Crippen LogP contribution in [0.4, 0.5) is 0 Å². The molecule has 0 nitrogen and oxygen atoms in total. The van der Waals surface area contributed by atoms with Gasteiger partial charge in [-0.1, -0.05) is 0 Å². The molecule has 0 amide bonds. The first-order chi connectivity index (χ1) is 6.31. The van der Waals surface area contributed by atoms with Gasteiger partial charge in [0, 0.05) is 0 Å². The predicted molar refractivity (Wildman–Crippen MR) is 69.3 cm³/mol. The van der Waals surface area contributed by atoms with Gasteiger partial charge in [-0.2, -0.15) is 0 Å². The van der Waals surface area contributed by atoms with Crippen LogP contribution in [0.25, 0.3) is 0 Å². The Hall–Kier alpha value is 0.508. The van der Waals surface area contributed by atoms with Gasteiger partial charge >= 0.3 is 94.7 Å². The van der Waals surface area contributed by atoms with Crippen molar-refractivity contribution in [3.05, 3.63) is 30.3 Å². The Kier molecular flexibility index (Phi) is 3.36. The van der Waals surface area contributed by atoms with Crippen molar-refractivity contribution in [2.45, 2.75) is 29.7 Å². The zero-order chi connectivity index (χ0) is 9.15. The number of benzene rings is 1. The van der Waals surface area contributed by atoms with Crippen molar-refractivity contribution in [1.29, 1.82) is 0 Å². The normalized spacial score (nSPS) is 21.3. The van der Waals surface area contributed by atoms with Gasteiger partial charge in [0.25, 0.3) is 0 Å². The Morgan fingerprint density at radius 3 is 2.15 bits per heavy atom. The van der Waals surface area contributed by atoms with E-state index < -0.39 is 10.2 Å². The molecule has 1 aromatic carbocycles. The van der Waals surface area contributed by atoms with E-state index in [9.17, 15) is 0 Å². The van der Waals surface area contributed by atoms with Gasteiger partial charge in [-0.25, -0.2) is 0 Å². The first kappa shape index (κ1) is 10.0. The van der Waals surface area contributed by atoms with Crippen molar-refractivity contribution in [2.75, 3.05) is 0 Å². The van der Waals surface area contributed by atoms with Gasteiger partial charge in [0.15, 0.2) is 0 Å². The third kappa shape index (κ3) is 2.30. The zero-order valence-electron chi connectivity index (χ0n) is 7.75. The van der Waals surface area contributed by atoms with Crippen LogP contribution in [0.2, 0.25) is 10.4 Å². The van der Waals surface area contributed by atoms with Gasteiger partial charge in [-0.15, -0.1) is 0 Å². The molecule has 1 aromatic rings. The second kappa shape index (κ2) is 4.35. The van der Waals surface area contributed by atoms with Gasteiger partial charge in [0.1, 0.15) is 0 Å². The maximum absolute atomic E-state index is 2.83. The van der Waals surface area contributed by atoms with Crippen LogP contribution in [0.3, 0.4) is 0 Å². The summed E-state index contributed by atoms with van der Waals surface area (Å²) in [6, 6.07) is 11.2. The Balaban J connectivity index is 2.23. The Bertz CT molecular complexity index is 265. The second-order valence-electron chi connectivity index (χ2n) is 3.71. The molecule has 0 N–H and O–H groups in total. The van der Waals surface area contributed by atoms with E-state index in [4.69, 9.17) is 0 Å². The standard InChI is InChI=1S/C11H15AsI/c13-12(9-5-2-6-10-12)11-7-3-1-4-8-11/h1,3-4,7-8H,2,5-6,9-10H2/q+1. The van der Waals surface area contributed by atoms with E-state index >= 15 is 0 Å². The molecular weight excluding hydrogens is 334 g/mol. The first-order valence-corrected chi connectivity index (χ1v) is 14.3. The topological polar surface area (TPSA) is 0 Å². The first-order valence-electron chi connectivity index (χ1n) is 4.94. The van der Waals surface area contributed by atoms with Crippen molar-refractivity contribution in [1.82, 2.24) is 0 Å². The molecule has 2 heteroatoms. The quantitative estimate of drug-likeness (QED) is 0.538. The molecule has 13 heavy (non-hydrogen) atoms. The molecule has 0 aromatic heterocycles. The molecule has 70 valence electrons. The molecule has 1 aliphatic heterocycles. The number of hydrogen-bond donors (Lipinski definition) is 0. The molecule has 1 aliphatic rings. The van der Waals surface area contributed by atoms with E-state index in [0.29, 0.717) is 0 Å². The number of hydrogen-bond acceptors (Lipinski definition) is 0. The number of halogens is 1. The molecule has 0 aliphatic carbocycles. The summed E-state index contributed by atoms with van der Waals surface area (Å²) in [7, 11) is -1.40. The van der Waals surface area contributed by atoms with Crippen LogP contribution < -0.4 is 4.35 Å². The molecule has 1 saturated heterocycles. The molecule has 0 unspecified atom stereocenters. The van der Waals surface area contributed by atoms with Gasteiger partial charge < -0.3 is 0 Å². The third-order valence-electron chi connectivity index (χ3n) is 2.74. The van der Waals surface area contributed by atoms with E-state index in [1.54, 1.807) is 4.35 Å². The predicted octanol–water partition coefficient (Wildman–Crippen LogP) is 3.46. The average Bonchev–Trinajstić information content (AvgIpc) is 2.20. The van der Waals surface area contributed by atoms with Crippen LogP contribution in [-0.2, 0) is 0 Å². The Labute approximate surface area is 94.1 Å². The summed E-state index contributed by atoms with van der Waals surface area (Å²) in [5.74, 6) is 0. The fourth-order valence-electron chi connectivity index (χ4n) is 1.97. The van der Waals surface area contributed by atoms with Gasteiger partial charge in [0.05, 0.1) is 0 Å². The van der Waals surface area contributed by atoms with Crippen molar-refractivity contribution < 1.29 is 0 Å². The molecular formula is C11H15AsI+. The minimum atomic E-state index is -1.40. The van der Waals surface area contributed by atoms with Crippen LogP contribution in [0, 0.1) is 0 Å². The van der Waals surface area contributed by atoms with Crippen LogP contribution in [-0.4, -0.2) is 10.2 Å². The van der Waals surface area contributed by atoms with E-state index in [0.717, 1.165) is 0 Å². The van der Waals surface area contributed by atoms with Gasteiger partial charge in [-0.3, -0.25) is 0 Å². The molecule has 0 atom stereocenters. The van der Waals surface area contributed by atoms with E-state index in [-0.39, 0.29) is 0 Å². The fourth-order valence-corrected chi connectivity index (χ4v) is 13.3. The SMILES string of the molecule is I[As+]1(c2ccccc2)CCCCC1. The maximum atomic E-state index is 2.83. The molecule has 0 radical (unpaired) electrons. The van der Waals surface area contributed by atoms with Gasteiger partial charge in [-0.05, 0) is 0 Å². The monoisotopic (exact) mass is 349 g/mol. The van der Waals surface area contributed by atoms with Crippen molar-refractivity contribution in [3.8, 4) is 0 Å². The average molecular weight is 349 g/mol. The molecule has 1 fully saturated rings. The number of rotatable bonds is 1. The Morgan fingerprint density at radius 2 is 1.54 bits per heavy atom. The van der Waals surface area contributed by atoms with Crippen LogP contribution in [0.15, 0.2) is 30.3 Å². The fraction of sp³-hybridized carbons (Fsp3) is 0.455. The minimum absolute atomic E-state index is 1.40. The summed E-state index contributed by atoms with van der Waals surface area (Å²) in [5.41, 5.74) is 0. The summed E-state index contributed by atoms with van der Waals surface area (Å²) < 4.78 is 1.70. The summed E-state index contributed by atoms with van der Waals surface area (Å²) in [4.78, 5) is 0. The third-order valence-corrected chi connectivity index (χ3v) is 17.5. The molecule has 1 heterocycles. The van der Waals surface area contributed by atoms with E-state index in [1.165, 1.54) is 29.7 Å². The van der Waals surface area contributed by atoms with E-state index in [2.05, 4.69) is 50.5 Å². The van der Waals surface area contributed by atoms with Crippen molar-refractivity contribution in [2.24, 2.45) is 0 Å². The second-order valence-corrected chi connectivity index (χ2v) is 19.9. The molecule has 0 saturated carbocycles. The van der Waals surface area contributed by atoms with Crippen LogP contribution in [0.5, 0.6) is 0 Å². The molecule has 2 rings (SSSR count). The summed E-state index contributed by atoms with van der Waals surface area (Å²) in [6.07, 6.45) is 4.43. The van der Waals surface area contributed by atoms with Crippen LogP contribution >= 0.6 is 20.1 Å². The van der Waals surface area contributed by atoms with E-state index in [1.807, 2.05) is 0 Å². The molecule has 0 bridgehead atoms. The van der Waals surface area contributed by atoms with Crippen molar-refractivity contribution >= 4 is 34.7 Å². The van der Waals surface area contributed by atoms with Gasteiger partial charge in [0.2, 0.25) is 0 Å².